The number of ether oxygens (including phenoxy) is 1. The van der Waals surface area contributed by atoms with Crippen LogP contribution in [0.5, 0.6) is 11.5 Å². The number of aromatic nitrogens is 4. The number of aromatic amines is 1. The number of H-pyrrole nitrogens is 1. The van der Waals surface area contributed by atoms with Gasteiger partial charge in [-0.1, -0.05) is 43.5 Å². The number of tetrazole rings is 1. The number of aryl methyl sites for hydroxylation is 2. The van der Waals surface area contributed by atoms with Crippen molar-refractivity contribution in [3.8, 4) is 34.0 Å². The fourth-order valence-corrected chi connectivity index (χ4v) is 4.05. The molecule has 0 fully saturated rings. The van der Waals surface area contributed by atoms with E-state index in [0.717, 1.165) is 47.9 Å². The molecule has 2 aromatic carbocycles. The van der Waals surface area contributed by atoms with Crippen molar-refractivity contribution in [3.05, 3.63) is 41.0 Å². The Kier molecular flexibility index (Phi) is 4.57. The lowest BCUT2D eigenvalue weighted by atomic mass is 9.83. The molecule has 6 heteroatoms. The number of nitrogens with zero attached hydrogens (tertiary/aromatic N) is 3. The lowest BCUT2D eigenvalue weighted by molar-refractivity contribution is 0.105. The monoisotopic (exact) mass is 378 g/mol. The summed E-state index contributed by atoms with van der Waals surface area (Å²) in [6.07, 6.45) is 4.12. The number of nitrogens with one attached hydrogen (secondary N) is 1. The molecule has 0 spiro atoms. The minimum absolute atomic E-state index is 0.171. The fourth-order valence-electron chi connectivity index (χ4n) is 4.05. The van der Waals surface area contributed by atoms with Gasteiger partial charge in [0, 0.05) is 5.56 Å². The van der Waals surface area contributed by atoms with Crippen LogP contribution in [0.2, 0.25) is 0 Å². The minimum atomic E-state index is -0.474. The fraction of sp³-hybridized carbons (Fsp3) is 0.409. The number of aromatic hydroxyl groups is 1. The summed E-state index contributed by atoms with van der Waals surface area (Å²) in [5, 5.41) is 25.7. The standard InChI is InChI=1S/C22H26N4O2/c1-5-6-7-8-14-12-17-19(20(27)18(14)21-23-25-26-24-21)15-11-13(2)9-10-16(15)22(3,4)28-17/h9-12,27H,5-8H2,1-4H3,(H,23,24,25,26). The highest BCUT2D eigenvalue weighted by Crippen LogP contribution is 2.53. The van der Waals surface area contributed by atoms with Crippen LogP contribution < -0.4 is 4.74 Å². The normalized spacial score (nSPS) is 14.3. The van der Waals surface area contributed by atoms with Gasteiger partial charge in [-0.2, -0.15) is 0 Å². The Labute approximate surface area is 165 Å². The topological polar surface area (TPSA) is 83.9 Å². The third-order valence-electron chi connectivity index (χ3n) is 5.44. The minimum Gasteiger partial charge on any atom is -0.506 e. The summed E-state index contributed by atoms with van der Waals surface area (Å²) in [6.45, 7) is 8.36. The molecule has 0 bridgehead atoms. The van der Waals surface area contributed by atoms with E-state index in [1.54, 1.807) is 0 Å². The highest BCUT2D eigenvalue weighted by molar-refractivity contribution is 5.89. The first-order valence-corrected chi connectivity index (χ1v) is 9.86. The zero-order valence-corrected chi connectivity index (χ0v) is 16.8. The average Bonchev–Trinajstić information content (AvgIpc) is 3.15. The molecular formula is C22H26N4O2. The first-order chi connectivity index (χ1) is 13.4. The number of unbranched alkanes of at least 4 members (excludes halogenated alkanes) is 2. The van der Waals surface area contributed by atoms with Crippen molar-refractivity contribution >= 4 is 0 Å². The van der Waals surface area contributed by atoms with Gasteiger partial charge in [-0.05, 0) is 61.2 Å². The highest BCUT2D eigenvalue weighted by Gasteiger charge is 2.36. The number of phenolic OH excluding ortho intramolecular Hbond substituents is 1. The second-order valence-electron chi connectivity index (χ2n) is 8.00. The smallest absolute Gasteiger partial charge is 0.183 e. The maximum absolute atomic E-state index is 11.4. The van der Waals surface area contributed by atoms with Gasteiger partial charge in [0.05, 0.1) is 11.1 Å². The molecule has 146 valence electrons. The van der Waals surface area contributed by atoms with Gasteiger partial charge in [0.2, 0.25) is 0 Å². The Hall–Kier alpha value is -2.89. The molecule has 2 N–H and O–H groups in total. The van der Waals surface area contributed by atoms with E-state index >= 15 is 0 Å². The molecule has 0 saturated heterocycles. The number of fused-ring (bicyclic) bond motifs is 3. The zero-order chi connectivity index (χ0) is 19.9. The number of rotatable bonds is 5. The Bertz CT molecular complexity index is 1010. The van der Waals surface area contributed by atoms with Crippen LogP contribution in [0, 0.1) is 6.92 Å². The number of phenols is 1. The summed E-state index contributed by atoms with van der Waals surface area (Å²) in [6, 6.07) is 8.32. The van der Waals surface area contributed by atoms with E-state index < -0.39 is 5.60 Å². The molecule has 1 aromatic heterocycles. The van der Waals surface area contributed by atoms with E-state index in [2.05, 4.69) is 72.6 Å². The van der Waals surface area contributed by atoms with Crippen LogP contribution >= 0.6 is 0 Å². The molecule has 2 heterocycles. The molecule has 0 amide bonds. The lowest BCUT2D eigenvalue weighted by Crippen LogP contribution is -2.29. The second kappa shape index (κ2) is 6.93. The van der Waals surface area contributed by atoms with Gasteiger partial charge in [-0.15, -0.1) is 5.10 Å². The van der Waals surface area contributed by atoms with Gasteiger partial charge in [-0.25, -0.2) is 5.10 Å². The SMILES string of the molecule is CCCCCc1cc2c(c(O)c1-c1nnn[nH]1)-c1cc(C)ccc1C(C)(C)O2. The summed E-state index contributed by atoms with van der Waals surface area (Å²) in [7, 11) is 0. The molecule has 6 nitrogen and oxygen atoms in total. The van der Waals surface area contributed by atoms with Gasteiger partial charge >= 0.3 is 0 Å². The van der Waals surface area contributed by atoms with Crippen LogP contribution in [0.3, 0.4) is 0 Å². The van der Waals surface area contributed by atoms with Crippen molar-refractivity contribution < 1.29 is 9.84 Å². The van der Waals surface area contributed by atoms with Crippen LogP contribution in [0.4, 0.5) is 0 Å². The van der Waals surface area contributed by atoms with Crippen LogP contribution in [-0.4, -0.2) is 25.7 Å². The third kappa shape index (κ3) is 3.03. The van der Waals surface area contributed by atoms with Crippen molar-refractivity contribution in [3.63, 3.8) is 0 Å². The summed E-state index contributed by atoms with van der Waals surface area (Å²) >= 11 is 0. The van der Waals surface area contributed by atoms with Crippen molar-refractivity contribution in [2.24, 2.45) is 0 Å². The molecular weight excluding hydrogens is 352 g/mol. The predicted octanol–water partition coefficient (Wildman–Crippen LogP) is 4.91. The van der Waals surface area contributed by atoms with E-state index in [9.17, 15) is 5.11 Å². The molecule has 28 heavy (non-hydrogen) atoms. The van der Waals surface area contributed by atoms with Crippen LogP contribution in [0.25, 0.3) is 22.5 Å². The quantitative estimate of drug-likeness (QED) is 0.616. The molecule has 0 atom stereocenters. The maximum Gasteiger partial charge on any atom is 0.183 e. The molecule has 1 aliphatic rings. The third-order valence-corrected chi connectivity index (χ3v) is 5.44. The first-order valence-electron chi connectivity index (χ1n) is 9.86. The predicted molar refractivity (Wildman–Crippen MR) is 108 cm³/mol. The molecule has 3 aromatic rings. The van der Waals surface area contributed by atoms with E-state index in [1.807, 2.05) is 0 Å². The number of benzene rings is 2. The van der Waals surface area contributed by atoms with Crippen molar-refractivity contribution in [2.45, 2.75) is 59.0 Å². The Morgan fingerprint density at radius 3 is 2.68 bits per heavy atom. The van der Waals surface area contributed by atoms with Crippen molar-refractivity contribution in [1.82, 2.24) is 20.6 Å². The first kappa shape index (κ1) is 18.5. The van der Waals surface area contributed by atoms with E-state index in [4.69, 9.17) is 4.74 Å². The summed E-state index contributed by atoms with van der Waals surface area (Å²) in [4.78, 5) is 0. The van der Waals surface area contributed by atoms with E-state index in [0.29, 0.717) is 22.7 Å². The van der Waals surface area contributed by atoms with Crippen LogP contribution in [-0.2, 0) is 12.0 Å². The summed E-state index contributed by atoms with van der Waals surface area (Å²) < 4.78 is 6.36. The van der Waals surface area contributed by atoms with Gasteiger partial charge in [0.1, 0.15) is 17.1 Å². The Balaban J connectivity index is 1.96. The van der Waals surface area contributed by atoms with Crippen LogP contribution in [0.15, 0.2) is 24.3 Å². The Morgan fingerprint density at radius 1 is 1.14 bits per heavy atom. The molecule has 0 saturated carbocycles. The van der Waals surface area contributed by atoms with Gasteiger partial charge in [-0.3, -0.25) is 0 Å². The van der Waals surface area contributed by atoms with Gasteiger partial charge in [0.15, 0.2) is 5.82 Å². The van der Waals surface area contributed by atoms with Crippen molar-refractivity contribution in [2.75, 3.05) is 0 Å². The second-order valence-corrected chi connectivity index (χ2v) is 8.00. The molecule has 0 unspecified atom stereocenters. The summed E-state index contributed by atoms with van der Waals surface area (Å²) in [5.74, 6) is 1.36. The largest absolute Gasteiger partial charge is 0.506 e. The van der Waals surface area contributed by atoms with E-state index in [1.165, 1.54) is 0 Å². The molecule has 0 aliphatic carbocycles. The van der Waals surface area contributed by atoms with Gasteiger partial charge < -0.3 is 9.84 Å². The average molecular weight is 378 g/mol. The van der Waals surface area contributed by atoms with Crippen LogP contribution in [0.1, 0.15) is 56.7 Å². The number of hydrogen-bond acceptors (Lipinski definition) is 5. The Morgan fingerprint density at radius 2 is 1.96 bits per heavy atom. The van der Waals surface area contributed by atoms with E-state index in [-0.39, 0.29) is 5.75 Å². The zero-order valence-electron chi connectivity index (χ0n) is 16.8. The summed E-state index contributed by atoms with van der Waals surface area (Å²) in [5.41, 5.74) is 5.09. The molecule has 1 aliphatic heterocycles. The number of hydrogen-bond donors (Lipinski definition) is 2. The maximum atomic E-state index is 11.4. The van der Waals surface area contributed by atoms with Crippen molar-refractivity contribution in [1.29, 1.82) is 0 Å². The molecule has 4 rings (SSSR count). The van der Waals surface area contributed by atoms with Gasteiger partial charge in [0.25, 0.3) is 0 Å². The lowest BCUT2D eigenvalue weighted by Gasteiger charge is -2.36. The molecule has 0 radical (unpaired) electrons. The highest BCUT2D eigenvalue weighted by atomic mass is 16.5.